The molecule has 0 amide bonds. The number of furan rings is 1. The number of aromatic nitrogens is 3. The van der Waals surface area contributed by atoms with Crippen LogP contribution < -0.4 is 4.74 Å². The summed E-state index contributed by atoms with van der Waals surface area (Å²) in [5, 5.41) is 11.9. The fourth-order valence-electron chi connectivity index (χ4n) is 2.47. The van der Waals surface area contributed by atoms with Crippen molar-refractivity contribution in [2.75, 3.05) is 0 Å². The molecule has 1 aromatic carbocycles. The lowest BCUT2D eigenvalue weighted by molar-refractivity contribution is 0.269. The quantitative estimate of drug-likeness (QED) is 0.483. The lowest BCUT2D eigenvalue weighted by Crippen LogP contribution is -1.97. The summed E-state index contributed by atoms with van der Waals surface area (Å²) in [5.41, 5.74) is 1.97. The highest BCUT2D eigenvalue weighted by atomic mass is 35.5. The number of hydrogen-bond donors (Lipinski definition) is 1. The van der Waals surface area contributed by atoms with Crippen molar-refractivity contribution in [1.82, 2.24) is 14.9 Å². The van der Waals surface area contributed by atoms with Crippen molar-refractivity contribution < 1.29 is 9.15 Å². The van der Waals surface area contributed by atoms with Crippen LogP contribution in [0.15, 0.2) is 33.8 Å². The van der Waals surface area contributed by atoms with E-state index in [1.807, 2.05) is 45.0 Å². The van der Waals surface area contributed by atoms with E-state index in [-0.39, 0.29) is 0 Å². The van der Waals surface area contributed by atoms with Gasteiger partial charge in [-0.1, -0.05) is 18.5 Å². The molecule has 0 atom stereocenters. The van der Waals surface area contributed by atoms with E-state index in [1.54, 1.807) is 10.9 Å². The van der Waals surface area contributed by atoms with E-state index in [0.29, 0.717) is 22.9 Å². The Hall–Kier alpha value is -2.38. The Balaban J connectivity index is 1.68. The molecular formula is C18H19ClN4O2S. The Labute approximate surface area is 161 Å². The van der Waals surface area contributed by atoms with Gasteiger partial charge in [-0.3, -0.25) is 5.10 Å². The molecule has 0 radical (unpaired) electrons. The summed E-state index contributed by atoms with van der Waals surface area (Å²) >= 11 is 11.3. The van der Waals surface area contributed by atoms with Gasteiger partial charge >= 0.3 is 0 Å². The third-order valence-corrected chi connectivity index (χ3v) is 4.67. The molecule has 26 heavy (non-hydrogen) atoms. The second kappa shape index (κ2) is 7.88. The minimum absolute atomic E-state index is 0.319. The van der Waals surface area contributed by atoms with Crippen LogP contribution in [0.3, 0.4) is 0 Å². The lowest BCUT2D eigenvalue weighted by atomic mass is 10.1. The number of H-pyrrole nitrogens is 1. The predicted octanol–water partition coefficient (Wildman–Crippen LogP) is 4.83. The number of nitrogens with one attached hydrogen (secondary N) is 1. The van der Waals surface area contributed by atoms with Gasteiger partial charge in [-0.15, -0.1) is 0 Å². The normalized spacial score (nSPS) is 11.4. The molecule has 0 bridgehead atoms. The Morgan fingerprint density at radius 3 is 2.77 bits per heavy atom. The van der Waals surface area contributed by atoms with Gasteiger partial charge < -0.3 is 9.15 Å². The monoisotopic (exact) mass is 390 g/mol. The van der Waals surface area contributed by atoms with Crippen molar-refractivity contribution in [3.8, 4) is 5.75 Å². The second-order valence-corrected chi connectivity index (χ2v) is 6.58. The van der Waals surface area contributed by atoms with Crippen LogP contribution in [0.5, 0.6) is 5.75 Å². The van der Waals surface area contributed by atoms with E-state index >= 15 is 0 Å². The number of aryl methyl sites for hydroxylation is 3. The molecule has 2 aromatic heterocycles. The maximum Gasteiger partial charge on any atom is 0.216 e. The number of ether oxygens (including phenoxy) is 1. The van der Waals surface area contributed by atoms with E-state index in [1.165, 1.54) is 0 Å². The van der Waals surface area contributed by atoms with Crippen LogP contribution in [0.4, 0.5) is 0 Å². The molecule has 1 N–H and O–H groups in total. The van der Waals surface area contributed by atoms with Crippen LogP contribution in [-0.4, -0.2) is 21.1 Å². The Kier molecular flexibility index (Phi) is 5.58. The van der Waals surface area contributed by atoms with Crippen LogP contribution >= 0.6 is 23.8 Å². The summed E-state index contributed by atoms with van der Waals surface area (Å²) < 4.78 is 13.5. The molecule has 6 nitrogen and oxygen atoms in total. The molecule has 3 rings (SSSR count). The van der Waals surface area contributed by atoms with Crippen LogP contribution in [0.25, 0.3) is 0 Å². The van der Waals surface area contributed by atoms with E-state index in [4.69, 9.17) is 33.0 Å². The highest BCUT2D eigenvalue weighted by molar-refractivity contribution is 7.71. The molecule has 8 heteroatoms. The lowest BCUT2D eigenvalue weighted by Gasteiger charge is -2.08. The van der Waals surface area contributed by atoms with E-state index < -0.39 is 0 Å². The molecule has 0 saturated heterocycles. The fraction of sp³-hybridized carbons (Fsp3) is 0.278. The molecule has 0 aliphatic rings. The third-order valence-electron chi connectivity index (χ3n) is 3.81. The highest BCUT2D eigenvalue weighted by Crippen LogP contribution is 2.26. The number of rotatable bonds is 6. The SMILES string of the molecule is CCc1n[nH]c(=S)n1/N=C\c1ccc(COc2cc(C)c(Cl)c(C)c2)o1. The van der Waals surface area contributed by atoms with Crippen molar-refractivity contribution in [3.05, 3.63) is 62.5 Å². The summed E-state index contributed by atoms with van der Waals surface area (Å²) in [6, 6.07) is 7.50. The third kappa shape index (κ3) is 4.05. The first-order valence-corrected chi connectivity index (χ1v) is 8.95. The van der Waals surface area contributed by atoms with Gasteiger partial charge in [-0.25, -0.2) is 0 Å². The van der Waals surface area contributed by atoms with Gasteiger partial charge in [-0.05, 0) is 61.5 Å². The number of hydrogen-bond acceptors (Lipinski definition) is 5. The maximum atomic E-state index is 6.18. The van der Waals surface area contributed by atoms with Crippen molar-refractivity contribution in [1.29, 1.82) is 0 Å². The first kappa shape index (κ1) is 18.4. The zero-order valence-electron chi connectivity index (χ0n) is 14.7. The Morgan fingerprint density at radius 1 is 1.35 bits per heavy atom. The van der Waals surface area contributed by atoms with E-state index in [9.17, 15) is 0 Å². The molecule has 3 aromatic rings. The van der Waals surface area contributed by atoms with Gasteiger partial charge in [-0.2, -0.15) is 14.9 Å². The summed E-state index contributed by atoms with van der Waals surface area (Å²) in [6.07, 6.45) is 2.33. The zero-order chi connectivity index (χ0) is 18.7. The maximum absolute atomic E-state index is 6.18. The first-order valence-electron chi connectivity index (χ1n) is 8.17. The predicted molar refractivity (Wildman–Crippen MR) is 104 cm³/mol. The second-order valence-electron chi connectivity index (χ2n) is 5.82. The van der Waals surface area contributed by atoms with Gasteiger partial charge in [0.25, 0.3) is 0 Å². The smallest absolute Gasteiger partial charge is 0.216 e. The van der Waals surface area contributed by atoms with Crippen molar-refractivity contribution in [3.63, 3.8) is 0 Å². The molecule has 0 unspecified atom stereocenters. The Bertz CT molecular complexity index is 980. The van der Waals surface area contributed by atoms with Crippen LogP contribution in [-0.2, 0) is 13.0 Å². The number of halogens is 1. The number of aromatic amines is 1. The Morgan fingerprint density at radius 2 is 2.08 bits per heavy atom. The van der Waals surface area contributed by atoms with Crippen LogP contribution in [0, 0.1) is 18.6 Å². The minimum Gasteiger partial charge on any atom is -0.486 e. The average molecular weight is 391 g/mol. The number of nitrogens with zero attached hydrogens (tertiary/aromatic N) is 3. The highest BCUT2D eigenvalue weighted by Gasteiger charge is 2.06. The van der Waals surface area contributed by atoms with Gasteiger partial charge in [0, 0.05) is 11.4 Å². The molecule has 136 valence electrons. The molecule has 0 aliphatic carbocycles. The van der Waals surface area contributed by atoms with E-state index in [0.717, 1.165) is 34.1 Å². The topological polar surface area (TPSA) is 68.3 Å². The minimum atomic E-state index is 0.319. The summed E-state index contributed by atoms with van der Waals surface area (Å²) in [6.45, 7) is 6.21. The summed E-state index contributed by atoms with van der Waals surface area (Å²) in [5.74, 6) is 2.82. The summed E-state index contributed by atoms with van der Waals surface area (Å²) in [4.78, 5) is 0. The van der Waals surface area contributed by atoms with Crippen molar-refractivity contribution in [2.24, 2.45) is 5.10 Å². The van der Waals surface area contributed by atoms with Crippen molar-refractivity contribution >= 4 is 30.0 Å². The van der Waals surface area contributed by atoms with Gasteiger partial charge in [0.1, 0.15) is 23.9 Å². The molecule has 2 heterocycles. The molecular weight excluding hydrogens is 372 g/mol. The largest absolute Gasteiger partial charge is 0.486 e. The average Bonchev–Trinajstić information content (AvgIpc) is 3.22. The van der Waals surface area contributed by atoms with E-state index in [2.05, 4.69) is 15.3 Å². The van der Waals surface area contributed by atoms with Crippen molar-refractivity contribution in [2.45, 2.75) is 33.8 Å². The van der Waals surface area contributed by atoms with Gasteiger partial charge in [0.2, 0.25) is 4.77 Å². The van der Waals surface area contributed by atoms with Crippen LogP contribution in [0.2, 0.25) is 5.02 Å². The fourth-order valence-corrected chi connectivity index (χ4v) is 2.78. The summed E-state index contributed by atoms with van der Waals surface area (Å²) in [7, 11) is 0. The standard InChI is InChI=1S/C18H19ClN4O2S/c1-4-16-21-22-18(26)23(16)20-9-13-5-6-14(25-13)10-24-15-7-11(2)17(19)12(3)8-15/h5-9H,4,10H2,1-3H3,(H,22,26)/b20-9-. The first-order chi connectivity index (χ1) is 12.5. The van der Waals surface area contributed by atoms with Gasteiger partial charge in [0.15, 0.2) is 5.82 Å². The molecule has 0 fully saturated rings. The zero-order valence-corrected chi connectivity index (χ0v) is 16.3. The van der Waals surface area contributed by atoms with Gasteiger partial charge in [0.05, 0.1) is 6.21 Å². The van der Waals surface area contributed by atoms with Crippen LogP contribution in [0.1, 0.15) is 35.4 Å². The molecule has 0 spiro atoms. The number of benzene rings is 1. The molecule has 0 saturated carbocycles. The molecule has 0 aliphatic heterocycles.